The Hall–Kier alpha value is -2.08. The first-order valence-corrected chi connectivity index (χ1v) is 9.24. The molecule has 0 radical (unpaired) electrons. The minimum absolute atomic E-state index is 0.300. The van der Waals surface area contributed by atoms with E-state index in [2.05, 4.69) is 27.8 Å². The second kappa shape index (κ2) is 6.09. The second-order valence-corrected chi connectivity index (χ2v) is 7.14. The van der Waals surface area contributed by atoms with Gasteiger partial charge in [-0.05, 0) is 43.4 Å². The van der Waals surface area contributed by atoms with E-state index < -0.39 is 0 Å². The third-order valence-electron chi connectivity index (χ3n) is 4.41. The van der Waals surface area contributed by atoms with Crippen molar-refractivity contribution < 1.29 is 4.42 Å². The van der Waals surface area contributed by atoms with Crippen LogP contribution in [0, 0.1) is 6.92 Å². The average Bonchev–Trinajstić information content (AvgIpc) is 3.34. The van der Waals surface area contributed by atoms with Crippen LogP contribution in [-0.4, -0.2) is 14.8 Å². The molecule has 1 aliphatic rings. The fourth-order valence-electron chi connectivity index (χ4n) is 2.96. The van der Waals surface area contributed by atoms with Gasteiger partial charge in [0.25, 0.3) is 0 Å². The molecule has 124 valence electrons. The molecule has 0 bridgehead atoms. The van der Waals surface area contributed by atoms with Gasteiger partial charge >= 0.3 is 5.63 Å². The summed E-state index contributed by atoms with van der Waals surface area (Å²) in [6.07, 6.45) is 3.32. The first kappa shape index (κ1) is 15.4. The lowest BCUT2D eigenvalue weighted by Gasteiger charge is -2.08. The lowest BCUT2D eigenvalue weighted by atomic mass is 10.1. The van der Waals surface area contributed by atoms with Crippen LogP contribution in [0.3, 0.4) is 0 Å². The van der Waals surface area contributed by atoms with Crippen LogP contribution in [0.5, 0.6) is 0 Å². The standard InChI is InChI=1S/C18H19N3O2S/c1-3-12-4-7-15-13(9-17(22)23-16(15)8-12)10-24-18-20-19-11(2)21(18)14-5-6-14/h4,7-9,14H,3,5-6,10H2,1-2H3. The molecule has 0 N–H and O–H groups in total. The Morgan fingerprint density at radius 2 is 2.12 bits per heavy atom. The molecular formula is C18H19N3O2S. The minimum atomic E-state index is -0.300. The van der Waals surface area contributed by atoms with Gasteiger partial charge in [-0.1, -0.05) is 30.8 Å². The molecule has 24 heavy (non-hydrogen) atoms. The summed E-state index contributed by atoms with van der Waals surface area (Å²) in [7, 11) is 0. The number of aryl methyl sites for hydroxylation is 2. The second-order valence-electron chi connectivity index (χ2n) is 6.19. The number of aromatic nitrogens is 3. The summed E-state index contributed by atoms with van der Waals surface area (Å²) in [5.41, 5.74) is 2.51. The summed E-state index contributed by atoms with van der Waals surface area (Å²) in [5.74, 6) is 1.64. The van der Waals surface area contributed by atoms with E-state index >= 15 is 0 Å². The van der Waals surface area contributed by atoms with Crippen molar-refractivity contribution in [2.24, 2.45) is 0 Å². The molecule has 2 heterocycles. The van der Waals surface area contributed by atoms with Crippen LogP contribution in [0.2, 0.25) is 0 Å². The maximum atomic E-state index is 11.9. The molecule has 0 aliphatic heterocycles. The van der Waals surface area contributed by atoms with Crippen molar-refractivity contribution >= 4 is 22.7 Å². The molecule has 1 saturated carbocycles. The molecule has 0 unspecified atom stereocenters. The number of benzene rings is 1. The molecule has 1 aromatic carbocycles. The predicted molar refractivity (Wildman–Crippen MR) is 94.5 cm³/mol. The lowest BCUT2D eigenvalue weighted by Crippen LogP contribution is -2.02. The molecule has 3 aromatic rings. The minimum Gasteiger partial charge on any atom is -0.423 e. The van der Waals surface area contributed by atoms with E-state index in [1.165, 1.54) is 18.4 Å². The van der Waals surface area contributed by atoms with Crippen LogP contribution in [-0.2, 0) is 12.2 Å². The van der Waals surface area contributed by atoms with Crippen molar-refractivity contribution in [1.82, 2.24) is 14.8 Å². The Kier molecular flexibility index (Phi) is 3.92. The summed E-state index contributed by atoms with van der Waals surface area (Å²) < 4.78 is 7.59. The van der Waals surface area contributed by atoms with E-state index in [-0.39, 0.29) is 5.63 Å². The lowest BCUT2D eigenvalue weighted by molar-refractivity contribution is 0.559. The number of rotatable bonds is 5. The van der Waals surface area contributed by atoms with Gasteiger partial charge < -0.3 is 8.98 Å². The number of nitrogens with zero attached hydrogens (tertiary/aromatic N) is 3. The third-order valence-corrected chi connectivity index (χ3v) is 5.40. The first-order valence-electron chi connectivity index (χ1n) is 8.25. The highest BCUT2D eigenvalue weighted by molar-refractivity contribution is 7.98. The molecule has 0 spiro atoms. The molecule has 1 fully saturated rings. The topological polar surface area (TPSA) is 60.9 Å². The van der Waals surface area contributed by atoms with E-state index in [4.69, 9.17) is 4.42 Å². The van der Waals surface area contributed by atoms with Crippen LogP contribution in [0.25, 0.3) is 11.0 Å². The maximum Gasteiger partial charge on any atom is 0.336 e. The molecule has 0 atom stereocenters. The van der Waals surface area contributed by atoms with E-state index in [1.807, 2.05) is 19.1 Å². The van der Waals surface area contributed by atoms with E-state index in [1.54, 1.807) is 17.8 Å². The summed E-state index contributed by atoms with van der Waals surface area (Å²) in [6, 6.07) is 8.23. The van der Waals surface area contributed by atoms with Gasteiger partial charge in [0.2, 0.25) is 0 Å². The van der Waals surface area contributed by atoms with Crippen LogP contribution >= 0.6 is 11.8 Å². The van der Waals surface area contributed by atoms with Gasteiger partial charge in [-0.25, -0.2) is 4.79 Å². The molecular weight excluding hydrogens is 322 g/mol. The smallest absolute Gasteiger partial charge is 0.336 e. The molecule has 2 aromatic heterocycles. The Labute approximate surface area is 144 Å². The van der Waals surface area contributed by atoms with E-state index in [9.17, 15) is 4.79 Å². The van der Waals surface area contributed by atoms with E-state index in [0.717, 1.165) is 28.4 Å². The number of hydrogen-bond acceptors (Lipinski definition) is 5. The zero-order valence-electron chi connectivity index (χ0n) is 13.8. The largest absolute Gasteiger partial charge is 0.423 e. The predicted octanol–water partition coefficient (Wildman–Crippen LogP) is 3.88. The first-order chi connectivity index (χ1) is 11.7. The Bertz CT molecular complexity index is 957. The fraction of sp³-hybridized carbons (Fsp3) is 0.389. The average molecular weight is 341 g/mol. The summed E-state index contributed by atoms with van der Waals surface area (Å²) in [6.45, 7) is 4.08. The third kappa shape index (κ3) is 2.86. The highest BCUT2D eigenvalue weighted by atomic mass is 32.2. The Morgan fingerprint density at radius 3 is 2.88 bits per heavy atom. The van der Waals surface area contributed by atoms with Gasteiger partial charge in [0.15, 0.2) is 5.16 Å². The monoisotopic (exact) mass is 341 g/mol. The molecule has 4 rings (SSSR count). The van der Waals surface area contributed by atoms with Crippen LogP contribution in [0.1, 0.15) is 42.8 Å². The van der Waals surface area contributed by atoms with Gasteiger partial charge in [0.1, 0.15) is 11.4 Å². The SMILES string of the molecule is CCc1ccc2c(CSc3nnc(C)n3C3CC3)cc(=O)oc2c1. The van der Waals surface area contributed by atoms with Crippen molar-refractivity contribution in [3.63, 3.8) is 0 Å². The number of thioether (sulfide) groups is 1. The van der Waals surface area contributed by atoms with Gasteiger partial charge in [-0.3, -0.25) is 0 Å². The normalized spacial score (nSPS) is 14.4. The molecule has 6 heteroatoms. The highest BCUT2D eigenvalue weighted by Crippen LogP contribution is 2.39. The fourth-order valence-corrected chi connectivity index (χ4v) is 4.00. The van der Waals surface area contributed by atoms with Crippen molar-refractivity contribution in [2.45, 2.75) is 50.1 Å². The van der Waals surface area contributed by atoms with Crippen LogP contribution in [0.15, 0.2) is 38.6 Å². The maximum absolute atomic E-state index is 11.9. The molecule has 0 amide bonds. The van der Waals surface area contributed by atoms with Gasteiger partial charge in [0, 0.05) is 23.2 Å². The Morgan fingerprint density at radius 1 is 1.29 bits per heavy atom. The van der Waals surface area contributed by atoms with Gasteiger partial charge in [0.05, 0.1) is 0 Å². The number of hydrogen-bond donors (Lipinski definition) is 0. The van der Waals surface area contributed by atoms with Crippen molar-refractivity contribution in [1.29, 1.82) is 0 Å². The van der Waals surface area contributed by atoms with Crippen molar-refractivity contribution in [3.05, 3.63) is 51.6 Å². The van der Waals surface area contributed by atoms with Crippen LogP contribution < -0.4 is 5.63 Å². The molecule has 0 saturated heterocycles. The quantitative estimate of drug-likeness (QED) is 0.520. The van der Waals surface area contributed by atoms with Gasteiger partial charge in [-0.15, -0.1) is 10.2 Å². The van der Waals surface area contributed by atoms with Gasteiger partial charge in [-0.2, -0.15) is 0 Å². The zero-order valence-corrected chi connectivity index (χ0v) is 14.6. The summed E-state index contributed by atoms with van der Waals surface area (Å²) in [5, 5.41) is 10.4. The summed E-state index contributed by atoms with van der Waals surface area (Å²) in [4.78, 5) is 11.9. The summed E-state index contributed by atoms with van der Waals surface area (Å²) >= 11 is 1.63. The highest BCUT2D eigenvalue weighted by Gasteiger charge is 2.28. The zero-order chi connectivity index (χ0) is 16.7. The number of fused-ring (bicyclic) bond motifs is 1. The van der Waals surface area contributed by atoms with E-state index in [0.29, 0.717) is 17.4 Å². The molecule has 1 aliphatic carbocycles. The molecule has 5 nitrogen and oxygen atoms in total. The van der Waals surface area contributed by atoms with Crippen molar-refractivity contribution in [2.75, 3.05) is 0 Å². The van der Waals surface area contributed by atoms with Crippen LogP contribution in [0.4, 0.5) is 0 Å². The Balaban J connectivity index is 1.66. The van der Waals surface area contributed by atoms with Crippen molar-refractivity contribution in [3.8, 4) is 0 Å².